The van der Waals surface area contributed by atoms with Gasteiger partial charge in [-0.25, -0.2) is 4.98 Å². The second-order valence-corrected chi connectivity index (χ2v) is 9.25. The Balaban J connectivity index is 1.05. The molecule has 2 aliphatic rings. The van der Waals surface area contributed by atoms with E-state index < -0.39 is 0 Å². The molecule has 5 rings (SSSR count). The number of nitrogens with zero attached hydrogens (tertiary/aromatic N) is 1. The van der Waals surface area contributed by atoms with E-state index in [2.05, 4.69) is 39.9 Å². The summed E-state index contributed by atoms with van der Waals surface area (Å²) in [6.45, 7) is 0.562. The molecule has 0 unspecified atom stereocenters. The van der Waals surface area contributed by atoms with Crippen molar-refractivity contribution in [2.75, 3.05) is 11.9 Å². The molecule has 2 fully saturated rings. The smallest absolute Gasteiger partial charge is 0.229 e. The van der Waals surface area contributed by atoms with Crippen LogP contribution in [0.2, 0.25) is 0 Å². The molecule has 0 bridgehead atoms. The average molecular weight is 432 g/mol. The number of thiazole rings is 1. The van der Waals surface area contributed by atoms with Crippen LogP contribution in [0.3, 0.4) is 0 Å². The van der Waals surface area contributed by atoms with Crippen LogP contribution >= 0.6 is 11.3 Å². The molecule has 0 saturated heterocycles. The number of nitrogens with one attached hydrogen (secondary N) is 2. The number of rotatable bonds is 8. The molecule has 6 heteroatoms. The summed E-state index contributed by atoms with van der Waals surface area (Å²) in [7, 11) is 0. The molecule has 4 atom stereocenters. The Bertz CT molecular complexity index is 1070. The molecule has 0 radical (unpaired) electrons. The van der Waals surface area contributed by atoms with E-state index in [0.717, 1.165) is 18.5 Å². The van der Waals surface area contributed by atoms with Crippen LogP contribution in [0.5, 0.6) is 0 Å². The Morgan fingerprint density at radius 3 is 2.06 bits per heavy atom. The van der Waals surface area contributed by atoms with Crippen molar-refractivity contribution in [2.24, 2.45) is 11.8 Å². The van der Waals surface area contributed by atoms with Gasteiger partial charge in [0.25, 0.3) is 0 Å². The fourth-order valence-electron chi connectivity index (χ4n) is 4.23. The zero-order valence-electron chi connectivity index (χ0n) is 17.2. The normalized spacial score (nSPS) is 23.7. The summed E-state index contributed by atoms with van der Waals surface area (Å²) in [5.41, 5.74) is 3.36. The lowest BCUT2D eigenvalue weighted by molar-refractivity contribution is -0.122. The van der Waals surface area contributed by atoms with E-state index >= 15 is 0 Å². The largest absolute Gasteiger partial charge is 0.355 e. The van der Waals surface area contributed by atoms with Gasteiger partial charge in [-0.3, -0.25) is 9.59 Å². The summed E-state index contributed by atoms with van der Waals surface area (Å²) < 4.78 is 0. The van der Waals surface area contributed by atoms with Crippen LogP contribution in [0.15, 0.2) is 66.0 Å². The van der Waals surface area contributed by atoms with Crippen molar-refractivity contribution in [2.45, 2.75) is 31.1 Å². The molecule has 5 nitrogen and oxygen atoms in total. The van der Waals surface area contributed by atoms with E-state index in [4.69, 9.17) is 0 Å². The van der Waals surface area contributed by atoms with Crippen molar-refractivity contribution in [3.63, 3.8) is 0 Å². The van der Waals surface area contributed by atoms with Gasteiger partial charge in [-0.15, -0.1) is 11.3 Å². The van der Waals surface area contributed by atoms with Crippen molar-refractivity contribution in [3.8, 4) is 0 Å². The Labute approximate surface area is 185 Å². The Morgan fingerprint density at radius 1 is 0.871 bits per heavy atom. The zero-order valence-corrected chi connectivity index (χ0v) is 18.0. The van der Waals surface area contributed by atoms with Gasteiger partial charge in [0.2, 0.25) is 11.8 Å². The van der Waals surface area contributed by atoms with Crippen molar-refractivity contribution < 1.29 is 9.59 Å². The Kier molecular flexibility index (Phi) is 5.55. The van der Waals surface area contributed by atoms with Gasteiger partial charge in [0.1, 0.15) is 0 Å². The SMILES string of the molecule is O=C(NCCc1csc(NC(=O)[C@@H]2C[C@@H]2c2ccccc2)n1)[C@H]1C[C@@H]1c1ccccc1. The second-order valence-electron chi connectivity index (χ2n) is 8.39. The molecule has 1 heterocycles. The number of carbonyl (C=O) groups is 2. The Morgan fingerprint density at radius 2 is 1.45 bits per heavy atom. The molecule has 158 valence electrons. The molecule has 2 amide bonds. The van der Waals surface area contributed by atoms with Gasteiger partial charge >= 0.3 is 0 Å². The number of anilines is 1. The highest BCUT2D eigenvalue weighted by molar-refractivity contribution is 7.13. The predicted molar refractivity (Wildman–Crippen MR) is 122 cm³/mol. The zero-order chi connectivity index (χ0) is 21.2. The van der Waals surface area contributed by atoms with Gasteiger partial charge in [-0.2, -0.15) is 0 Å². The van der Waals surface area contributed by atoms with Crippen LogP contribution in [0.1, 0.15) is 41.5 Å². The van der Waals surface area contributed by atoms with Crippen molar-refractivity contribution in [1.29, 1.82) is 0 Å². The third-order valence-electron chi connectivity index (χ3n) is 6.17. The van der Waals surface area contributed by atoms with Crippen LogP contribution in [0.4, 0.5) is 5.13 Å². The number of hydrogen-bond donors (Lipinski definition) is 2. The van der Waals surface area contributed by atoms with Crippen LogP contribution in [-0.4, -0.2) is 23.3 Å². The molecule has 2 N–H and O–H groups in total. The van der Waals surface area contributed by atoms with E-state index in [-0.39, 0.29) is 23.7 Å². The molecule has 31 heavy (non-hydrogen) atoms. The summed E-state index contributed by atoms with van der Waals surface area (Å²) in [6, 6.07) is 20.4. The van der Waals surface area contributed by atoms with Gasteiger partial charge < -0.3 is 10.6 Å². The lowest BCUT2D eigenvalue weighted by Crippen LogP contribution is -2.27. The first-order valence-electron chi connectivity index (χ1n) is 10.8. The van der Waals surface area contributed by atoms with Crippen molar-refractivity contribution in [3.05, 3.63) is 82.9 Å². The number of aromatic nitrogens is 1. The van der Waals surface area contributed by atoms with E-state index in [1.54, 1.807) is 0 Å². The summed E-state index contributed by atoms with van der Waals surface area (Å²) in [4.78, 5) is 29.4. The molecular formula is C25H25N3O2S. The summed E-state index contributed by atoms with van der Waals surface area (Å²) in [5.74, 6) is 0.957. The standard InChI is InChI=1S/C25H25N3O2S/c29-23(21-13-19(21)16-7-3-1-4-8-16)26-12-11-18-15-31-25(27-18)28-24(30)22-14-20(22)17-9-5-2-6-10-17/h1-10,15,19-22H,11-14H2,(H,26,29)(H,27,28,30)/t19-,20-,21+,22-/m1/s1. The second kappa shape index (κ2) is 8.63. The van der Waals surface area contributed by atoms with Crippen molar-refractivity contribution >= 4 is 28.3 Å². The minimum absolute atomic E-state index is 0.0325. The van der Waals surface area contributed by atoms with E-state index in [1.807, 2.05) is 41.8 Å². The number of amides is 2. The van der Waals surface area contributed by atoms with E-state index in [1.165, 1.54) is 22.5 Å². The Hall–Kier alpha value is -2.99. The fourth-order valence-corrected chi connectivity index (χ4v) is 4.98. The van der Waals surface area contributed by atoms with Gasteiger partial charge in [0, 0.05) is 30.2 Å². The summed E-state index contributed by atoms with van der Waals surface area (Å²) in [5, 5.41) is 8.58. The molecule has 0 spiro atoms. The van der Waals surface area contributed by atoms with Crippen molar-refractivity contribution in [1.82, 2.24) is 10.3 Å². The molecule has 2 saturated carbocycles. The monoisotopic (exact) mass is 431 g/mol. The maximum Gasteiger partial charge on any atom is 0.229 e. The first kappa shape index (κ1) is 19.9. The fraction of sp³-hybridized carbons (Fsp3) is 0.320. The quantitative estimate of drug-likeness (QED) is 0.557. The van der Waals surface area contributed by atoms with Gasteiger partial charge in [0.15, 0.2) is 5.13 Å². The van der Waals surface area contributed by atoms with Crippen LogP contribution < -0.4 is 10.6 Å². The minimum atomic E-state index is 0.0325. The summed E-state index contributed by atoms with van der Waals surface area (Å²) >= 11 is 1.44. The molecular weight excluding hydrogens is 406 g/mol. The number of benzene rings is 2. The van der Waals surface area contributed by atoms with Gasteiger partial charge in [0.05, 0.1) is 5.69 Å². The average Bonchev–Trinajstić information content (AvgIpc) is 3.72. The molecule has 2 aromatic carbocycles. The van der Waals surface area contributed by atoms with Crippen LogP contribution in [0, 0.1) is 11.8 Å². The first-order valence-corrected chi connectivity index (χ1v) is 11.7. The van der Waals surface area contributed by atoms with Crippen LogP contribution in [-0.2, 0) is 16.0 Å². The van der Waals surface area contributed by atoms with Crippen LogP contribution in [0.25, 0.3) is 0 Å². The highest BCUT2D eigenvalue weighted by Gasteiger charge is 2.44. The lowest BCUT2D eigenvalue weighted by atomic mass is 10.1. The van der Waals surface area contributed by atoms with E-state index in [0.29, 0.717) is 29.9 Å². The third kappa shape index (κ3) is 4.69. The minimum Gasteiger partial charge on any atom is -0.355 e. The highest BCUT2D eigenvalue weighted by Crippen LogP contribution is 2.48. The molecule has 0 aliphatic heterocycles. The maximum absolute atomic E-state index is 12.5. The first-order chi connectivity index (χ1) is 15.2. The number of hydrogen-bond acceptors (Lipinski definition) is 4. The van der Waals surface area contributed by atoms with Gasteiger partial charge in [-0.05, 0) is 35.8 Å². The summed E-state index contributed by atoms with van der Waals surface area (Å²) in [6.07, 6.45) is 2.48. The predicted octanol–water partition coefficient (Wildman–Crippen LogP) is 4.35. The maximum atomic E-state index is 12.5. The highest BCUT2D eigenvalue weighted by atomic mass is 32.1. The topological polar surface area (TPSA) is 71.1 Å². The van der Waals surface area contributed by atoms with E-state index in [9.17, 15) is 9.59 Å². The molecule has 2 aliphatic carbocycles. The number of carbonyl (C=O) groups excluding carboxylic acids is 2. The van der Waals surface area contributed by atoms with Gasteiger partial charge in [-0.1, -0.05) is 60.7 Å². The molecule has 1 aromatic heterocycles. The molecule has 3 aromatic rings. The third-order valence-corrected chi connectivity index (χ3v) is 6.98. The lowest BCUT2D eigenvalue weighted by Gasteiger charge is -2.04.